The molecule has 7 heteroatoms. The molecule has 0 aromatic carbocycles. The maximum Gasteiger partial charge on any atom is 0.150 e. The van der Waals surface area contributed by atoms with Crippen molar-refractivity contribution < 1.29 is 5.11 Å². The minimum absolute atomic E-state index is 0.292. The Bertz CT molecular complexity index is 858. The molecule has 0 spiro atoms. The number of thiophene rings is 1. The monoisotopic (exact) mass is 343 g/mol. The van der Waals surface area contributed by atoms with Crippen LogP contribution in [0.3, 0.4) is 0 Å². The summed E-state index contributed by atoms with van der Waals surface area (Å²) in [6, 6.07) is 0.292. The lowest BCUT2D eigenvalue weighted by molar-refractivity contribution is 0.158. The number of aliphatic hydroxyl groups excluding tert-OH is 1. The molecule has 3 aromatic heterocycles. The second-order valence-electron chi connectivity index (χ2n) is 6.48. The molecule has 1 saturated heterocycles. The van der Waals surface area contributed by atoms with Gasteiger partial charge in [-0.25, -0.2) is 9.97 Å². The summed E-state index contributed by atoms with van der Waals surface area (Å²) >= 11 is 1.71. The normalized spacial score (nSPS) is 19.3. The van der Waals surface area contributed by atoms with E-state index in [1.165, 1.54) is 5.56 Å². The Labute approximate surface area is 144 Å². The maximum atomic E-state index is 10.6. The molecule has 0 unspecified atom stereocenters. The summed E-state index contributed by atoms with van der Waals surface area (Å²) < 4.78 is 2.88. The number of anilines is 1. The second kappa shape index (κ2) is 6.14. The van der Waals surface area contributed by atoms with Crippen molar-refractivity contribution in [2.45, 2.75) is 38.3 Å². The van der Waals surface area contributed by atoms with Crippen LogP contribution in [0.25, 0.3) is 10.2 Å². The third-order valence-electron chi connectivity index (χ3n) is 4.77. The lowest BCUT2D eigenvalue weighted by atomic mass is 10.0. The Morgan fingerprint density at radius 1 is 1.42 bits per heavy atom. The van der Waals surface area contributed by atoms with Gasteiger partial charge in [-0.3, -0.25) is 4.68 Å². The molecule has 4 rings (SSSR count). The Balaban J connectivity index is 1.60. The van der Waals surface area contributed by atoms with Crippen molar-refractivity contribution in [1.29, 1.82) is 0 Å². The zero-order valence-corrected chi connectivity index (χ0v) is 14.7. The van der Waals surface area contributed by atoms with Crippen LogP contribution in [0.15, 0.2) is 24.1 Å². The van der Waals surface area contributed by atoms with Crippen LogP contribution in [-0.4, -0.2) is 37.4 Å². The molecule has 0 bridgehead atoms. The van der Waals surface area contributed by atoms with Crippen LogP contribution in [0, 0.1) is 6.92 Å². The van der Waals surface area contributed by atoms with Crippen molar-refractivity contribution in [2.24, 2.45) is 7.05 Å². The van der Waals surface area contributed by atoms with Crippen LogP contribution < -0.4 is 4.90 Å². The average molecular weight is 343 g/mol. The Morgan fingerprint density at radius 2 is 2.29 bits per heavy atom. The van der Waals surface area contributed by atoms with E-state index in [9.17, 15) is 5.11 Å². The van der Waals surface area contributed by atoms with Crippen molar-refractivity contribution in [1.82, 2.24) is 19.7 Å². The van der Waals surface area contributed by atoms with Gasteiger partial charge < -0.3 is 10.0 Å². The first-order valence-electron chi connectivity index (χ1n) is 8.25. The van der Waals surface area contributed by atoms with Crippen molar-refractivity contribution in [2.75, 3.05) is 11.4 Å². The standard InChI is InChI=1S/C17H21N5OS/c1-11-9-24-16-15(11)18-10-19-17(16)22-5-3-4-13(22)6-14(23)12-7-20-21(2)8-12/h7-10,13-14,23H,3-6H2,1-2H3/t13-,14-/m0/s1. The quantitative estimate of drug-likeness (QED) is 0.789. The van der Waals surface area contributed by atoms with Gasteiger partial charge in [0.1, 0.15) is 12.1 Å². The summed E-state index contributed by atoms with van der Waals surface area (Å²) in [4.78, 5) is 11.3. The molecule has 0 radical (unpaired) electrons. The van der Waals surface area contributed by atoms with E-state index in [1.807, 2.05) is 13.2 Å². The van der Waals surface area contributed by atoms with E-state index < -0.39 is 6.10 Å². The predicted molar refractivity (Wildman–Crippen MR) is 95.3 cm³/mol. The molecule has 126 valence electrons. The van der Waals surface area contributed by atoms with Crippen LogP contribution in [0.4, 0.5) is 5.82 Å². The lowest BCUT2D eigenvalue weighted by Gasteiger charge is -2.27. The van der Waals surface area contributed by atoms with Crippen LogP contribution in [0.5, 0.6) is 0 Å². The van der Waals surface area contributed by atoms with E-state index >= 15 is 0 Å². The molecule has 0 saturated carbocycles. The Hall–Kier alpha value is -1.99. The van der Waals surface area contributed by atoms with Crippen LogP contribution in [-0.2, 0) is 7.05 Å². The smallest absolute Gasteiger partial charge is 0.150 e. The molecule has 0 amide bonds. The molecule has 0 aliphatic carbocycles. The first-order chi connectivity index (χ1) is 11.6. The zero-order valence-electron chi connectivity index (χ0n) is 13.9. The number of hydrogen-bond donors (Lipinski definition) is 1. The van der Waals surface area contributed by atoms with Crippen molar-refractivity contribution in [3.8, 4) is 0 Å². The van der Waals surface area contributed by atoms with Gasteiger partial charge in [0.15, 0.2) is 0 Å². The molecule has 3 aromatic rings. The highest BCUT2D eigenvalue weighted by Crippen LogP contribution is 2.36. The van der Waals surface area contributed by atoms with Crippen molar-refractivity contribution in [3.05, 3.63) is 35.2 Å². The topological polar surface area (TPSA) is 67.1 Å². The van der Waals surface area contributed by atoms with E-state index in [0.717, 1.165) is 41.0 Å². The summed E-state index contributed by atoms with van der Waals surface area (Å²) in [5.41, 5.74) is 3.12. The predicted octanol–water partition coefficient (Wildman–Crippen LogP) is 2.83. The highest BCUT2D eigenvalue weighted by atomic mass is 32.1. The first kappa shape index (κ1) is 15.5. The van der Waals surface area contributed by atoms with Gasteiger partial charge in [-0.2, -0.15) is 5.10 Å². The largest absolute Gasteiger partial charge is 0.388 e. The van der Waals surface area contributed by atoms with Gasteiger partial charge in [0.05, 0.1) is 22.5 Å². The molecule has 1 aliphatic rings. The fraction of sp³-hybridized carbons (Fsp3) is 0.471. The third-order valence-corrected chi connectivity index (χ3v) is 5.85. The molecule has 4 heterocycles. The Kier molecular flexibility index (Phi) is 3.97. The van der Waals surface area contributed by atoms with Gasteiger partial charge >= 0.3 is 0 Å². The minimum atomic E-state index is -0.494. The Morgan fingerprint density at radius 3 is 3.08 bits per heavy atom. The third kappa shape index (κ3) is 2.67. The lowest BCUT2D eigenvalue weighted by Crippen LogP contribution is -2.31. The molecule has 1 fully saturated rings. The highest BCUT2D eigenvalue weighted by molar-refractivity contribution is 7.18. The summed E-state index contributed by atoms with van der Waals surface area (Å²) in [5.74, 6) is 1.01. The fourth-order valence-corrected chi connectivity index (χ4v) is 4.53. The highest BCUT2D eigenvalue weighted by Gasteiger charge is 2.30. The van der Waals surface area contributed by atoms with Gasteiger partial charge in [-0.05, 0) is 37.1 Å². The number of rotatable bonds is 4. The van der Waals surface area contributed by atoms with Crippen LogP contribution in [0.2, 0.25) is 0 Å². The SMILES string of the molecule is Cc1csc2c(N3CCC[C@H]3C[C@H](O)c3cnn(C)c3)ncnc12. The van der Waals surface area contributed by atoms with E-state index in [4.69, 9.17) is 0 Å². The van der Waals surface area contributed by atoms with Gasteiger partial charge in [-0.15, -0.1) is 11.3 Å². The van der Waals surface area contributed by atoms with E-state index in [1.54, 1.807) is 28.5 Å². The molecule has 24 heavy (non-hydrogen) atoms. The minimum Gasteiger partial charge on any atom is -0.388 e. The van der Waals surface area contributed by atoms with E-state index in [2.05, 4.69) is 32.3 Å². The van der Waals surface area contributed by atoms with Crippen molar-refractivity contribution >= 4 is 27.4 Å². The molecule has 6 nitrogen and oxygen atoms in total. The van der Waals surface area contributed by atoms with Gasteiger partial charge in [-0.1, -0.05) is 0 Å². The zero-order chi connectivity index (χ0) is 16.7. The molecular formula is C17H21N5OS. The van der Waals surface area contributed by atoms with Crippen molar-refractivity contribution in [3.63, 3.8) is 0 Å². The van der Waals surface area contributed by atoms with Gasteiger partial charge in [0.2, 0.25) is 0 Å². The van der Waals surface area contributed by atoms with Crippen LogP contribution in [0.1, 0.15) is 36.5 Å². The number of aryl methyl sites for hydroxylation is 2. The van der Waals surface area contributed by atoms with Gasteiger partial charge in [0, 0.05) is 31.4 Å². The summed E-state index contributed by atoms with van der Waals surface area (Å²) in [5, 5.41) is 16.9. The fourth-order valence-electron chi connectivity index (χ4n) is 3.53. The number of fused-ring (bicyclic) bond motifs is 1. The number of aromatic nitrogens is 4. The summed E-state index contributed by atoms with van der Waals surface area (Å²) in [6.45, 7) is 3.07. The molecule has 1 aliphatic heterocycles. The first-order valence-corrected chi connectivity index (χ1v) is 9.13. The van der Waals surface area contributed by atoms with Gasteiger partial charge in [0.25, 0.3) is 0 Å². The number of hydrogen-bond acceptors (Lipinski definition) is 6. The number of nitrogens with zero attached hydrogens (tertiary/aromatic N) is 5. The summed E-state index contributed by atoms with van der Waals surface area (Å²) in [7, 11) is 1.87. The van der Waals surface area contributed by atoms with E-state index in [-0.39, 0.29) is 0 Å². The second-order valence-corrected chi connectivity index (χ2v) is 7.36. The average Bonchev–Trinajstić information content (AvgIpc) is 3.28. The molecular weight excluding hydrogens is 322 g/mol. The number of aliphatic hydroxyl groups is 1. The molecule has 2 atom stereocenters. The summed E-state index contributed by atoms with van der Waals surface area (Å²) in [6.07, 6.45) is 7.69. The van der Waals surface area contributed by atoms with E-state index in [0.29, 0.717) is 12.5 Å². The molecule has 1 N–H and O–H groups in total. The maximum absolute atomic E-state index is 10.6. The van der Waals surface area contributed by atoms with Crippen LogP contribution >= 0.6 is 11.3 Å².